The van der Waals surface area contributed by atoms with Crippen LogP contribution in [0.1, 0.15) is 59.3 Å². The highest BCUT2D eigenvalue weighted by Crippen LogP contribution is 2.19. The Morgan fingerprint density at radius 3 is 2.19 bits per heavy atom. The van der Waals surface area contributed by atoms with Gasteiger partial charge in [-0.2, -0.15) is 0 Å². The zero-order valence-electron chi connectivity index (χ0n) is 10.9. The smallest absolute Gasteiger partial charge is 0.139 e. The molecule has 0 amide bonds. The van der Waals surface area contributed by atoms with Gasteiger partial charge in [-0.05, 0) is 38.6 Å². The van der Waals surface area contributed by atoms with Gasteiger partial charge >= 0.3 is 0 Å². The first-order valence-electron chi connectivity index (χ1n) is 6.35. The number of rotatable bonds is 9. The summed E-state index contributed by atoms with van der Waals surface area (Å²) in [6, 6.07) is 0. The van der Waals surface area contributed by atoms with E-state index in [0.717, 1.165) is 19.4 Å². The third-order valence-corrected chi connectivity index (χ3v) is 3.52. The first kappa shape index (κ1) is 15.2. The molecular weight excluding hydrogens is 202 g/mol. The number of nitrogens with two attached hydrogens (primary N) is 1. The van der Waals surface area contributed by atoms with E-state index in [0.29, 0.717) is 17.8 Å². The number of hydrogen-bond donors (Lipinski definition) is 3. The van der Waals surface area contributed by atoms with Gasteiger partial charge in [-0.3, -0.25) is 0 Å². The number of oxime groups is 1. The molecule has 0 bridgehead atoms. The van der Waals surface area contributed by atoms with Crippen LogP contribution in [0.3, 0.4) is 0 Å². The molecule has 0 fully saturated rings. The maximum Gasteiger partial charge on any atom is 0.139 e. The molecule has 4 heteroatoms. The van der Waals surface area contributed by atoms with Gasteiger partial charge < -0.3 is 16.3 Å². The highest BCUT2D eigenvalue weighted by molar-refractivity contribution is 5.79. The maximum atomic E-state index is 8.38. The maximum absolute atomic E-state index is 8.38. The second-order valence-electron chi connectivity index (χ2n) is 4.32. The van der Waals surface area contributed by atoms with Gasteiger partial charge in [0, 0.05) is 12.0 Å². The van der Waals surface area contributed by atoms with Gasteiger partial charge in [-0.25, -0.2) is 0 Å². The molecule has 96 valence electrons. The normalized spacial score (nSPS) is 13.1. The fourth-order valence-electron chi connectivity index (χ4n) is 1.96. The number of hydrogen-bond acceptors (Lipinski definition) is 3. The van der Waals surface area contributed by atoms with Crippen LogP contribution < -0.4 is 11.1 Å². The average Bonchev–Trinajstić information content (AvgIpc) is 2.34. The van der Waals surface area contributed by atoms with Gasteiger partial charge in [0.1, 0.15) is 5.84 Å². The van der Waals surface area contributed by atoms with Crippen molar-refractivity contribution in [1.29, 1.82) is 0 Å². The number of unbranched alkanes of at least 4 members (excludes halogenated alkanes) is 1. The van der Waals surface area contributed by atoms with E-state index in [1.54, 1.807) is 0 Å². The van der Waals surface area contributed by atoms with Crippen molar-refractivity contribution in [2.24, 2.45) is 10.9 Å². The highest BCUT2D eigenvalue weighted by atomic mass is 16.4. The molecule has 0 unspecified atom stereocenters. The summed E-state index contributed by atoms with van der Waals surface area (Å²) in [6.45, 7) is 7.71. The van der Waals surface area contributed by atoms with Gasteiger partial charge in [-0.1, -0.05) is 25.9 Å². The Bertz CT molecular complexity index is 192. The molecular formula is C12H27N3O. The van der Waals surface area contributed by atoms with Crippen LogP contribution in [0.15, 0.2) is 5.16 Å². The van der Waals surface area contributed by atoms with Crippen molar-refractivity contribution >= 4 is 5.84 Å². The lowest BCUT2D eigenvalue weighted by atomic mass is 9.90. The molecule has 4 nitrogen and oxygen atoms in total. The first-order chi connectivity index (χ1) is 7.64. The Hall–Kier alpha value is -0.770. The highest BCUT2D eigenvalue weighted by Gasteiger charge is 2.21. The van der Waals surface area contributed by atoms with E-state index >= 15 is 0 Å². The van der Waals surface area contributed by atoms with Gasteiger partial charge in [0.2, 0.25) is 0 Å². The van der Waals surface area contributed by atoms with Crippen molar-refractivity contribution in [3.05, 3.63) is 0 Å². The standard InChI is InChI=1S/C12H27N3O/c1-4-12(5-2,6-3)14-10-8-7-9-11(13)15-16/h14,16H,4-10H2,1-3H3,(H2,13,15). The van der Waals surface area contributed by atoms with E-state index in [4.69, 9.17) is 10.9 Å². The van der Waals surface area contributed by atoms with Crippen molar-refractivity contribution in [2.75, 3.05) is 6.54 Å². The summed E-state index contributed by atoms with van der Waals surface area (Å²) in [6.07, 6.45) is 6.21. The molecule has 0 aliphatic rings. The minimum Gasteiger partial charge on any atom is -0.409 e. The number of nitrogens with zero attached hydrogens (tertiary/aromatic N) is 1. The average molecular weight is 229 g/mol. The van der Waals surface area contributed by atoms with E-state index < -0.39 is 0 Å². The van der Waals surface area contributed by atoms with Gasteiger partial charge in [0.15, 0.2) is 0 Å². The Kier molecular flexibility index (Phi) is 7.99. The molecule has 0 aliphatic heterocycles. The molecule has 0 aliphatic carbocycles. The molecule has 0 aromatic carbocycles. The van der Waals surface area contributed by atoms with E-state index in [-0.39, 0.29) is 0 Å². The quantitative estimate of drug-likeness (QED) is 0.187. The minimum atomic E-state index is 0.302. The minimum absolute atomic E-state index is 0.302. The predicted octanol–water partition coefficient (Wildman–Crippen LogP) is 2.46. The van der Waals surface area contributed by atoms with E-state index in [2.05, 4.69) is 31.2 Å². The van der Waals surface area contributed by atoms with Crippen LogP contribution in [0.2, 0.25) is 0 Å². The Balaban J connectivity index is 3.71. The van der Waals surface area contributed by atoms with Crippen LogP contribution in [0.4, 0.5) is 0 Å². The molecule has 0 saturated carbocycles. The van der Waals surface area contributed by atoms with Crippen molar-refractivity contribution in [1.82, 2.24) is 5.32 Å². The summed E-state index contributed by atoms with van der Waals surface area (Å²) in [5, 5.41) is 15.0. The first-order valence-corrected chi connectivity index (χ1v) is 6.35. The molecule has 0 spiro atoms. The van der Waals surface area contributed by atoms with Crippen LogP contribution in [-0.4, -0.2) is 23.1 Å². The molecule has 0 saturated heterocycles. The third kappa shape index (κ3) is 5.35. The van der Waals surface area contributed by atoms with E-state index in [1.807, 2.05) is 0 Å². The van der Waals surface area contributed by atoms with Crippen molar-refractivity contribution < 1.29 is 5.21 Å². The van der Waals surface area contributed by atoms with Crippen LogP contribution in [0, 0.1) is 0 Å². The molecule has 0 rings (SSSR count). The fourth-order valence-corrected chi connectivity index (χ4v) is 1.96. The SMILES string of the molecule is CCC(CC)(CC)NCCCCC(N)=NO. The largest absolute Gasteiger partial charge is 0.409 e. The molecule has 4 N–H and O–H groups in total. The van der Waals surface area contributed by atoms with Crippen LogP contribution in [0.5, 0.6) is 0 Å². The summed E-state index contributed by atoms with van der Waals surface area (Å²) in [5.74, 6) is 0.327. The Labute approximate surface area is 99.3 Å². The van der Waals surface area contributed by atoms with Crippen LogP contribution in [-0.2, 0) is 0 Å². The number of amidine groups is 1. The summed E-state index contributed by atoms with van der Waals surface area (Å²) in [5.41, 5.74) is 5.70. The molecule has 16 heavy (non-hydrogen) atoms. The third-order valence-electron chi connectivity index (χ3n) is 3.52. The zero-order chi connectivity index (χ0) is 12.4. The molecule has 0 aromatic rings. The Morgan fingerprint density at radius 2 is 1.75 bits per heavy atom. The fraction of sp³-hybridized carbons (Fsp3) is 0.917. The van der Waals surface area contributed by atoms with Crippen molar-refractivity contribution in [2.45, 2.75) is 64.8 Å². The number of nitrogens with one attached hydrogen (secondary N) is 1. The second-order valence-corrected chi connectivity index (χ2v) is 4.32. The molecule has 0 atom stereocenters. The van der Waals surface area contributed by atoms with Gasteiger partial charge in [0.05, 0.1) is 0 Å². The van der Waals surface area contributed by atoms with Crippen LogP contribution in [0.25, 0.3) is 0 Å². The van der Waals surface area contributed by atoms with Gasteiger partial charge in [0.25, 0.3) is 0 Å². The van der Waals surface area contributed by atoms with Crippen molar-refractivity contribution in [3.8, 4) is 0 Å². The molecule has 0 heterocycles. The van der Waals surface area contributed by atoms with E-state index in [1.165, 1.54) is 19.3 Å². The topological polar surface area (TPSA) is 70.6 Å². The lowest BCUT2D eigenvalue weighted by molar-refractivity contribution is 0.288. The van der Waals surface area contributed by atoms with Gasteiger partial charge in [-0.15, -0.1) is 0 Å². The van der Waals surface area contributed by atoms with Crippen molar-refractivity contribution in [3.63, 3.8) is 0 Å². The summed E-state index contributed by atoms with van der Waals surface area (Å²) < 4.78 is 0. The molecule has 0 radical (unpaired) electrons. The lowest BCUT2D eigenvalue weighted by Gasteiger charge is -2.32. The predicted molar refractivity (Wildman–Crippen MR) is 68.9 cm³/mol. The summed E-state index contributed by atoms with van der Waals surface area (Å²) in [4.78, 5) is 0. The summed E-state index contributed by atoms with van der Waals surface area (Å²) >= 11 is 0. The summed E-state index contributed by atoms with van der Waals surface area (Å²) in [7, 11) is 0. The zero-order valence-corrected chi connectivity index (χ0v) is 10.9. The monoisotopic (exact) mass is 229 g/mol. The van der Waals surface area contributed by atoms with E-state index in [9.17, 15) is 0 Å². The van der Waals surface area contributed by atoms with Crippen LogP contribution >= 0.6 is 0 Å². The lowest BCUT2D eigenvalue weighted by Crippen LogP contribution is -2.44. The molecule has 0 aromatic heterocycles. The second kappa shape index (κ2) is 8.39. The Morgan fingerprint density at radius 1 is 1.19 bits per heavy atom.